The molecule has 2 atom stereocenters. The second kappa shape index (κ2) is 10.7. The molecule has 15 heteroatoms. The van der Waals surface area contributed by atoms with Crippen molar-refractivity contribution < 1.29 is 35.9 Å². The van der Waals surface area contributed by atoms with Crippen molar-refractivity contribution in [2.24, 2.45) is 7.05 Å². The molecule has 0 aliphatic carbocycles. The lowest BCUT2D eigenvalue weighted by Gasteiger charge is -2.34. The Hall–Kier alpha value is -4.04. The maximum Gasteiger partial charge on any atom is 0.413 e. The highest BCUT2D eigenvalue weighted by Gasteiger charge is 2.61. The van der Waals surface area contributed by atoms with Crippen molar-refractivity contribution in [3.8, 4) is 0 Å². The van der Waals surface area contributed by atoms with E-state index in [4.69, 9.17) is 4.74 Å². The fourth-order valence-corrected chi connectivity index (χ4v) is 4.96. The van der Waals surface area contributed by atoms with E-state index in [0.29, 0.717) is 4.57 Å². The number of carbonyl (C=O) groups excluding carboxylic acids is 1. The first-order valence-corrected chi connectivity index (χ1v) is 12.9. The van der Waals surface area contributed by atoms with E-state index in [1.807, 2.05) is 0 Å². The van der Waals surface area contributed by atoms with E-state index >= 15 is 0 Å². The van der Waals surface area contributed by atoms with Crippen molar-refractivity contribution in [1.29, 1.82) is 0 Å². The smallest absolute Gasteiger partial charge is 0.413 e. The molecule has 1 amide bonds. The monoisotopic (exact) mass is 601 g/mol. The van der Waals surface area contributed by atoms with Gasteiger partial charge in [-0.2, -0.15) is 18.3 Å². The molecule has 9 nitrogen and oxygen atoms in total. The van der Waals surface area contributed by atoms with Crippen LogP contribution in [0.25, 0.3) is 10.8 Å². The number of alkyl halides is 5. The van der Waals surface area contributed by atoms with Crippen LogP contribution in [0.1, 0.15) is 57.7 Å². The number of nitrogens with one attached hydrogen (secondary N) is 1. The second-order valence-corrected chi connectivity index (χ2v) is 11.2. The van der Waals surface area contributed by atoms with Crippen molar-refractivity contribution in [2.45, 2.75) is 63.9 Å². The highest BCUT2D eigenvalue weighted by molar-refractivity contribution is 5.90. The molecule has 1 N–H and O–H groups in total. The number of nitrogens with zero attached hydrogens (tertiary/aromatic N) is 4. The zero-order valence-electron chi connectivity index (χ0n) is 23.4. The van der Waals surface area contributed by atoms with Gasteiger partial charge in [0.05, 0.1) is 23.5 Å². The van der Waals surface area contributed by atoms with E-state index < -0.39 is 71.3 Å². The molecule has 4 rings (SSSR count). The van der Waals surface area contributed by atoms with Crippen molar-refractivity contribution in [1.82, 2.24) is 19.2 Å². The number of hydrogen-bond donors (Lipinski definition) is 1. The summed E-state index contributed by atoms with van der Waals surface area (Å²) in [6.07, 6.45) is -8.94. The van der Waals surface area contributed by atoms with Crippen molar-refractivity contribution in [3.05, 3.63) is 68.1 Å². The largest absolute Gasteiger partial charge is 0.444 e. The summed E-state index contributed by atoms with van der Waals surface area (Å²) in [5, 5.41) is 6.37. The number of fused-ring (bicyclic) bond motifs is 1. The number of pyridine rings is 1. The number of likely N-dealkylation sites (tertiary alicyclic amines) is 1. The Morgan fingerprint density at radius 3 is 2.36 bits per heavy atom. The van der Waals surface area contributed by atoms with E-state index in [0.717, 1.165) is 27.9 Å². The number of aromatic nitrogens is 3. The van der Waals surface area contributed by atoms with Crippen LogP contribution in [0.2, 0.25) is 0 Å². The Kier molecular flexibility index (Phi) is 7.84. The first kappa shape index (κ1) is 30.9. The van der Waals surface area contributed by atoms with Gasteiger partial charge >= 0.3 is 12.3 Å². The molecule has 1 saturated heterocycles. The Morgan fingerprint density at radius 2 is 1.76 bits per heavy atom. The highest BCUT2D eigenvalue weighted by Crippen LogP contribution is 2.44. The predicted molar refractivity (Wildman–Crippen MR) is 141 cm³/mol. The number of rotatable bonds is 5. The summed E-state index contributed by atoms with van der Waals surface area (Å²) in [6.45, 7) is 4.80. The Morgan fingerprint density at radius 1 is 1.12 bits per heavy atom. The zero-order valence-corrected chi connectivity index (χ0v) is 23.4. The molecule has 1 fully saturated rings. The van der Waals surface area contributed by atoms with Gasteiger partial charge in [-0.25, -0.2) is 22.6 Å². The van der Waals surface area contributed by atoms with Crippen LogP contribution in [-0.2, 0) is 17.3 Å². The van der Waals surface area contributed by atoms with E-state index in [1.54, 1.807) is 20.8 Å². The van der Waals surface area contributed by atoms with Crippen LogP contribution < -0.4 is 16.4 Å². The van der Waals surface area contributed by atoms with Crippen LogP contribution in [0, 0.1) is 5.82 Å². The van der Waals surface area contributed by atoms with Crippen LogP contribution in [-0.4, -0.2) is 50.2 Å². The molecule has 0 bridgehead atoms. The summed E-state index contributed by atoms with van der Waals surface area (Å²) in [7, 11) is 1.24. The van der Waals surface area contributed by atoms with Crippen LogP contribution in [0.3, 0.4) is 0 Å². The molecule has 2 unspecified atom stereocenters. The van der Waals surface area contributed by atoms with Gasteiger partial charge in [0.25, 0.3) is 17.5 Å². The average Bonchev–Trinajstić information content (AvgIpc) is 3.33. The van der Waals surface area contributed by atoms with Crippen LogP contribution in [0.15, 0.2) is 40.1 Å². The molecule has 42 heavy (non-hydrogen) atoms. The third-order valence-electron chi connectivity index (χ3n) is 7.08. The van der Waals surface area contributed by atoms with Gasteiger partial charge in [-0.3, -0.25) is 14.2 Å². The lowest BCUT2D eigenvalue weighted by Crippen LogP contribution is -2.54. The van der Waals surface area contributed by atoms with E-state index in [1.165, 1.54) is 26.1 Å². The first-order valence-electron chi connectivity index (χ1n) is 12.9. The summed E-state index contributed by atoms with van der Waals surface area (Å²) in [6, 6.07) is 3.11. The van der Waals surface area contributed by atoms with E-state index in [9.17, 15) is 40.7 Å². The third-order valence-corrected chi connectivity index (χ3v) is 7.08. The van der Waals surface area contributed by atoms with Gasteiger partial charge in [0, 0.05) is 36.8 Å². The lowest BCUT2D eigenvalue weighted by molar-refractivity contribution is -0.210. The number of carbonyl (C=O) groups is 1. The minimum Gasteiger partial charge on any atom is -0.444 e. The maximum atomic E-state index is 14.8. The molecule has 228 valence electrons. The van der Waals surface area contributed by atoms with Gasteiger partial charge in [0.15, 0.2) is 11.4 Å². The van der Waals surface area contributed by atoms with E-state index in [2.05, 4.69) is 10.4 Å². The molecule has 2 aromatic heterocycles. The number of halogens is 6. The highest BCUT2D eigenvalue weighted by atomic mass is 19.4. The van der Waals surface area contributed by atoms with Gasteiger partial charge < -0.3 is 15.0 Å². The summed E-state index contributed by atoms with van der Waals surface area (Å²) >= 11 is 0. The number of aryl methyl sites for hydroxylation is 1. The molecule has 1 aliphatic heterocycles. The molecule has 0 spiro atoms. The van der Waals surface area contributed by atoms with Crippen molar-refractivity contribution in [2.75, 3.05) is 18.4 Å². The second-order valence-electron chi connectivity index (χ2n) is 11.2. The van der Waals surface area contributed by atoms with Crippen LogP contribution in [0.5, 0.6) is 0 Å². The SMILES string of the molecule is CC(Nc1nn(C)c(=O)c2cc(=O)n(C3(C(F)(F)F)CCN(C(=O)OC(C)(C)C)C3)cc12)c1cccc(C(F)F)c1F. The van der Waals surface area contributed by atoms with E-state index in [-0.39, 0.29) is 28.7 Å². The third kappa shape index (κ3) is 5.55. The predicted octanol–water partition coefficient (Wildman–Crippen LogP) is 5.24. The standard InChI is InChI=1S/C27H29F6N5O4/c1-14(15-7-6-8-16(20(15)28)21(29)30)34-22-18-12-38(19(39)11-17(18)23(40)36(5)35-22)26(27(31,32)33)9-10-37(13-26)24(41)42-25(2,3)4/h6-8,11-12,14,21H,9-10,13H2,1-5H3,(H,34,35). The fraction of sp³-hybridized carbons (Fsp3) is 0.481. The molecule has 1 aliphatic rings. The first-order chi connectivity index (χ1) is 19.4. The molecule has 0 radical (unpaired) electrons. The number of anilines is 1. The van der Waals surface area contributed by atoms with Crippen LogP contribution >= 0.6 is 0 Å². The number of ether oxygens (including phenoxy) is 1. The number of benzene rings is 1. The molecular formula is C27H29F6N5O4. The summed E-state index contributed by atoms with van der Waals surface area (Å²) in [5.41, 5.74) is -6.80. The number of hydrogen-bond acceptors (Lipinski definition) is 6. The summed E-state index contributed by atoms with van der Waals surface area (Å²) < 4.78 is 92.1. The lowest BCUT2D eigenvalue weighted by atomic mass is 9.96. The van der Waals surface area contributed by atoms with Gasteiger partial charge in [0.1, 0.15) is 11.4 Å². The van der Waals surface area contributed by atoms with Crippen molar-refractivity contribution >= 4 is 22.7 Å². The number of amides is 1. The van der Waals surface area contributed by atoms with Crippen LogP contribution in [0.4, 0.5) is 37.0 Å². The minimum atomic E-state index is -5.02. The fourth-order valence-electron chi connectivity index (χ4n) is 4.96. The molecule has 1 aromatic carbocycles. The van der Waals surface area contributed by atoms with Gasteiger partial charge in [0.2, 0.25) is 0 Å². The quantitative estimate of drug-likeness (QED) is 0.402. The van der Waals surface area contributed by atoms with Gasteiger partial charge in [-0.05, 0) is 34.1 Å². The van der Waals surface area contributed by atoms with Gasteiger partial charge in [-0.1, -0.05) is 18.2 Å². The summed E-state index contributed by atoms with van der Waals surface area (Å²) in [5.74, 6) is -1.38. The molecular weight excluding hydrogens is 572 g/mol. The zero-order chi connectivity index (χ0) is 31.4. The minimum absolute atomic E-state index is 0.180. The molecule has 3 aromatic rings. The Balaban J connectivity index is 1.85. The molecule has 0 saturated carbocycles. The topological polar surface area (TPSA) is 98.5 Å². The average molecular weight is 602 g/mol. The van der Waals surface area contributed by atoms with Crippen molar-refractivity contribution in [3.63, 3.8) is 0 Å². The Bertz CT molecular complexity index is 1650. The van der Waals surface area contributed by atoms with Gasteiger partial charge in [-0.15, -0.1) is 0 Å². The summed E-state index contributed by atoms with van der Waals surface area (Å²) in [4.78, 5) is 39.5. The maximum absolute atomic E-state index is 14.8. The Labute approximate surface area is 235 Å². The normalized spacial score (nSPS) is 18.5. The molecule has 3 heterocycles.